The molecule has 0 saturated carbocycles. The Morgan fingerprint density at radius 2 is 2.05 bits per heavy atom. The second kappa shape index (κ2) is 8.82. The SMILES string of the molecule is CCC(CC)N(CCOC)c1cncc(CNC)n1. The molecule has 108 valence electrons. The lowest BCUT2D eigenvalue weighted by atomic mass is 10.1. The van der Waals surface area contributed by atoms with Gasteiger partial charge in [0.25, 0.3) is 0 Å². The van der Waals surface area contributed by atoms with Crippen LogP contribution in [0.4, 0.5) is 5.82 Å². The molecule has 5 nitrogen and oxygen atoms in total. The first-order valence-corrected chi connectivity index (χ1v) is 6.97. The molecule has 0 amide bonds. The largest absolute Gasteiger partial charge is 0.383 e. The van der Waals surface area contributed by atoms with Crippen molar-refractivity contribution in [3.63, 3.8) is 0 Å². The number of methoxy groups -OCH3 is 1. The van der Waals surface area contributed by atoms with Gasteiger partial charge in [0, 0.05) is 32.4 Å². The molecule has 0 aliphatic rings. The van der Waals surface area contributed by atoms with Crippen LogP contribution >= 0.6 is 0 Å². The summed E-state index contributed by atoms with van der Waals surface area (Å²) < 4.78 is 5.21. The Bertz CT molecular complexity index is 355. The van der Waals surface area contributed by atoms with Crippen molar-refractivity contribution in [2.24, 2.45) is 0 Å². The Balaban J connectivity index is 2.91. The van der Waals surface area contributed by atoms with Gasteiger partial charge in [-0.25, -0.2) is 4.98 Å². The van der Waals surface area contributed by atoms with E-state index in [0.29, 0.717) is 12.6 Å². The minimum absolute atomic E-state index is 0.481. The lowest BCUT2D eigenvalue weighted by molar-refractivity contribution is 0.202. The molecular weight excluding hydrogens is 240 g/mol. The molecule has 0 atom stereocenters. The molecule has 1 heterocycles. The van der Waals surface area contributed by atoms with Crippen molar-refractivity contribution in [2.45, 2.75) is 39.3 Å². The van der Waals surface area contributed by atoms with Crippen LogP contribution in [0.2, 0.25) is 0 Å². The first kappa shape index (κ1) is 15.9. The van der Waals surface area contributed by atoms with Gasteiger partial charge >= 0.3 is 0 Å². The number of ether oxygens (including phenoxy) is 1. The summed E-state index contributed by atoms with van der Waals surface area (Å²) in [5.74, 6) is 0.943. The zero-order valence-corrected chi connectivity index (χ0v) is 12.5. The van der Waals surface area contributed by atoms with Crippen molar-refractivity contribution < 1.29 is 4.74 Å². The molecule has 0 aliphatic heterocycles. The molecule has 0 fully saturated rings. The normalized spacial score (nSPS) is 11.0. The second-order valence-electron chi connectivity index (χ2n) is 4.56. The fourth-order valence-corrected chi connectivity index (χ4v) is 2.20. The van der Waals surface area contributed by atoms with Gasteiger partial charge in [-0.3, -0.25) is 4.98 Å². The number of rotatable bonds is 9. The van der Waals surface area contributed by atoms with Gasteiger partial charge in [-0.2, -0.15) is 0 Å². The minimum atomic E-state index is 0.481. The van der Waals surface area contributed by atoms with Crippen LogP contribution in [-0.4, -0.2) is 43.3 Å². The quantitative estimate of drug-likeness (QED) is 0.739. The Labute approximate surface area is 116 Å². The minimum Gasteiger partial charge on any atom is -0.383 e. The van der Waals surface area contributed by atoms with Gasteiger partial charge in [-0.15, -0.1) is 0 Å². The number of anilines is 1. The summed E-state index contributed by atoms with van der Waals surface area (Å²) in [6, 6.07) is 0.481. The average Bonchev–Trinajstić information content (AvgIpc) is 2.44. The first-order valence-electron chi connectivity index (χ1n) is 6.97. The Kier molecular flexibility index (Phi) is 7.36. The molecule has 0 bridgehead atoms. The number of nitrogens with one attached hydrogen (secondary N) is 1. The molecule has 0 saturated heterocycles. The standard InChI is InChI=1S/C14H26N4O/c1-5-13(6-2)18(7-8-19-4)14-11-16-10-12(17-14)9-15-3/h10-11,13,15H,5-9H2,1-4H3. The molecule has 1 rings (SSSR count). The van der Waals surface area contributed by atoms with Crippen molar-refractivity contribution in [3.8, 4) is 0 Å². The third-order valence-corrected chi connectivity index (χ3v) is 3.24. The van der Waals surface area contributed by atoms with Gasteiger partial charge in [0.1, 0.15) is 5.82 Å². The van der Waals surface area contributed by atoms with Gasteiger partial charge in [-0.05, 0) is 19.9 Å². The number of nitrogens with zero attached hydrogens (tertiary/aromatic N) is 3. The Hall–Kier alpha value is -1.20. The number of hydrogen-bond donors (Lipinski definition) is 1. The zero-order chi connectivity index (χ0) is 14.1. The summed E-state index contributed by atoms with van der Waals surface area (Å²) >= 11 is 0. The summed E-state index contributed by atoms with van der Waals surface area (Å²) in [7, 11) is 3.64. The maximum atomic E-state index is 5.21. The second-order valence-corrected chi connectivity index (χ2v) is 4.56. The van der Waals surface area contributed by atoms with Crippen molar-refractivity contribution in [3.05, 3.63) is 18.1 Å². The van der Waals surface area contributed by atoms with Crippen LogP contribution in [0.1, 0.15) is 32.4 Å². The summed E-state index contributed by atoms with van der Waals surface area (Å²) in [5, 5.41) is 3.10. The highest BCUT2D eigenvalue weighted by molar-refractivity contribution is 5.38. The van der Waals surface area contributed by atoms with Gasteiger partial charge in [0.2, 0.25) is 0 Å². The van der Waals surface area contributed by atoms with E-state index in [1.54, 1.807) is 13.3 Å². The molecule has 1 aromatic heterocycles. The molecule has 0 unspecified atom stereocenters. The highest BCUT2D eigenvalue weighted by atomic mass is 16.5. The van der Waals surface area contributed by atoms with E-state index in [0.717, 1.165) is 37.4 Å². The van der Waals surface area contributed by atoms with E-state index in [1.165, 1.54) is 0 Å². The molecule has 0 aromatic carbocycles. The Morgan fingerprint density at radius 3 is 2.63 bits per heavy atom. The summed E-state index contributed by atoms with van der Waals surface area (Å²) in [6.45, 7) is 6.70. The van der Waals surface area contributed by atoms with Gasteiger partial charge < -0.3 is 15.0 Å². The summed E-state index contributed by atoms with van der Waals surface area (Å²) in [5.41, 5.74) is 0.966. The highest BCUT2D eigenvalue weighted by Gasteiger charge is 2.17. The van der Waals surface area contributed by atoms with Crippen molar-refractivity contribution >= 4 is 5.82 Å². The van der Waals surface area contributed by atoms with Crippen LogP contribution in [0.15, 0.2) is 12.4 Å². The molecule has 5 heteroatoms. The number of hydrogen-bond acceptors (Lipinski definition) is 5. The first-order chi connectivity index (χ1) is 9.26. The van der Waals surface area contributed by atoms with Crippen molar-refractivity contribution in [2.75, 3.05) is 32.2 Å². The van der Waals surface area contributed by atoms with Crippen molar-refractivity contribution in [1.82, 2.24) is 15.3 Å². The predicted molar refractivity (Wildman–Crippen MR) is 78.4 cm³/mol. The van der Waals surface area contributed by atoms with Crippen molar-refractivity contribution in [1.29, 1.82) is 0 Å². The maximum Gasteiger partial charge on any atom is 0.147 e. The summed E-state index contributed by atoms with van der Waals surface area (Å²) in [6.07, 6.45) is 5.84. The lowest BCUT2D eigenvalue weighted by Gasteiger charge is -2.31. The average molecular weight is 266 g/mol. The molecule has 1 aromatic rings. The third kappa shape index (κ3) is 4.76. The van der Waals surface area contributed by atoms with Gasteiger partial charge in [0.15, 0.2) is 0 Å². The predicted octanol–water partition coefficient (Wildman–Crippen LogP) is 1.84. The molecule has 19 heavy (non-hydrogen) atoms. The van der Waals surface area contributed by atoms with E-state index in [2.05, 4.69) is 34.0 Å². The van der Waals surface area contributed by atoms with E-state index < -0.39 is 0 Å². The highest BCUT2D eigenvalue weighted by Crippen LogP contribution is 2.17. The topological polar surface area (TPSA) is 50.3 Å². The van der Waals surface area contributed by atoms with E-state index in [-0.39, 0.29) is 0 Å². The van der Waals surface area contributed by atoms with E-state index >= 15 is 0 Å². The molecule has 0 spiro atoms. The maximum absolute atomic E-state index is 5.21. The zero-order valence-electron chi connectivity index (χ0n) is 12.5. The van der Waals surface area contributed by atoms with E-state index in [9.17, 15) is 0 Å². The van der Waals surface area contributed by atoms with Crippen LogP contribution in [-0.2, 0) is 11.3 Å². The van der Waals surface area contributed by atoms with Gasteiger partial charge in [0.05, 0.1) is 18.5 Å². The van der Waals surface area contributed by atoms with Gasteiger partial charge in [-0.1, -0.05) is 13.8 Å². The van der Waals surface area contributed by atoms with Crippen LogP contribution in [0.25, 0.3) is 0 Å². The van der Waals surface area contributed by atoms with Crippen LogP contribution in [0.3, 0.4) is 0 Å². The molecular formula is C14H26N4O. The summed E-state index contributed by atoms with van der Waals surface area (Å²) in [4.78, 5) is 11.3. The molecule has 1 N–H and O–H groups in total. The third-order valence-electron chi connectivity index (χ3n) is 3.24. The fourth-order valence-electron chi connectivity index (χ4n) is 2.20. The lowest BCUT2D eigenvalue weighted by Crippen LogP contribution is -2.38. The van der Waals surface area contributed by atoms with Crippen LogP contribution < -0.4 is 10.2 Å². The van der Waals surface area contributed by atoms with E-state index in [1.807, 2.05) is 13.2 Å². The van der Waals surface area contributed by atoms with Crippen LogP contribution in [0.5, 0.6) is 0 Å². The molecule has 0 radical (unpaired) electrons. The fraction of sp³-hybridized carbons (Fsp3) is 0.714. The van der Waals surface area contributed by atoms with Crippen LogP contribution in [0, 0.1) is 0 Å². The number of aromatic nitrogens is 2. The molecule has 0 aliphatic carbocycles. The van der Waals surface area contributed by atoms with E-state index in [4.69, 9.17) is 4.74 Å². The smallest absolute Gasteiger partial charge is 0.147 e. The Morgan fingerprint density at radius 1 is 1.32 bits per heavy atom. The monoisotopic (exact) mass is 266 g/mol.